The molecule has 7 aliphatic carbocycles. The lowest BCUT2D eigenvalue weighted by atomic mass is 9.43. The number of furan rings is 2. The Kier molecular flexibility index (Phi) is 6.05. The number of aryl methyl sites for hydroxylation is 4. The first-order valence-corrected chi connectivity index (χ1v) is 25.9. The largest absolute Gasteiger partial charge is 0.438 e. The predicted octanol–water partition coefficient (Wildman–Crippen LogP) is 15.2. The van der Waals surface area contributed by atoms with Gasteiger partial charge in [0.25, 0.3) is 0 Å². The average molecular weight is 918 g/mol. The summed E-state index contributed by atoms with van der Waals surface area (Å²) in [5, 5.41) is 9.63. The fraction of sp³-hybridized carbons (Fsp3) is 0.134. The number of fused-ring (bicyclic) bond motifs is 27. The van der Waals surface area contributed by atoms with E-state index in [2.05, 4.69) is 168 Å². The van der Waals surface area contributed by atoms with Gasteiger partial charge in [0.2, 0.25) is 11.4 Å². The highest BCUT2D eigenvalue weighted by Gasteiger charge is 2.69. The maximum Gasteiger partial charge on any atom is 0.228 e. The second-order valence-electron chi connectivity index (χ2n) is 22.0. The van der Waals surface area contributed by atoms with Crippen LogP contribution in [-0.4, -0.2) is 14.4 Å². The van der Waals surface area contributed by atoms with Gasteiger partial charge in [-0.15, -0.1) is 0 Å². The van der Waals surface area contributed by atoms with Crippen LogP contribution in [0.25, 0.3) is 82.2 Å². The molecule has 0 saturated heterocycles. The van der Waals surface area contributed by atoms with Crippen LogP contribution in [0.5, 0.6) is 0 Å². The molecular weight excluding hydrogens is 879 g/mol. The van der Waals surface area contributed by atoms with Crippen molar-refractivity contribution in [2.45, 2.75) is 54.8 Å². The Hall–Kier alpha value is -8.54. The van der Waals surface area contributed by atoms with Crippen molar-refractivity contribution < 1.29 is 8.83 Å². The summed E-state index contributed by atoms with van der Waals surface area (Å²) in [6.45, 7) is 0. The van der Waals surface area contributed by atoms with Crippen LogP contribution in [0.4, 0.5) is 0 Å². The van der Waals surface area contributed by atoms with Crippen LogP contribution in [0.1, 0.15) is 113 Å². The summed E-state index contributed by atoms with van der Waals surface area (Å²) in [4.78, 5) is 10.6. The molecule has 14 aromatic rings. The molecule has 0 amide bonds. The molecule has 0 radical (unpaired) electrons. The number of rotatable bonds is 0. The van der Waals surface area contributed by atoms with E-state index in [1.165, 1.54) is 116 Å². The third kappa shape index (κ3) is 3.85. The van der Waals surface area contributed by atoms with Gasteiger partial charge in [-0.05, 0) is 139 Å². The molecule has 5 nitrogen and oxygen atoms in total. The van der Waals surface area contributed by atoms with Crippen LogP contribution in [0.2, 0.25) is 0 Å². The minimum absolute atomic E-state index is 0.0114. The van der Waals surface area contributed by atoms with Crippen LogP contribution in [-0.2, 0) is 31.1 Å². The van der Waals surface area contributed by atoms with Crippen LogP contribution in [0, 0.1) is 0 Å². The van der Waals surface area contributed by atoms with Crippen molar-refractivity contribution in [1.29, 1.82) is 0 Å². The molecule has 0 fully saturated rings. The number of nitrogens with zero attached hydrogens (tertiary/aromatic N) is 3. The zero-order valence-corrected chi connectivity index (χ0v) is 38.9. The van der Waals surface area contributed by atoms with Gasteiger partial charge in [0.05, 0.1) is 39.7 Å². The Bertz CT molecular complexity index is 4880. The summed E-state index contributed by atoms with van der Waals surface area (Å²) in [5.74, 6) is 0.954. The van der Waals surface area contributed by atoms with Gasteiger partial charge < -0.3 is 13.2 Å². The van der Waals surface area contributed by atoms with Gasteiger partial charge in [-0.25, -0.2) is 9.97 Å². The first kappa shape index (κ1) is 36.4. The molecular formula is C67H39N3O2. The Balaban J connectivity index is 0.897. The van der Waals surface area contributed by atoms with Gasteiger partial charge in [0.15, 0.2) is 0 Å². The van der Waals surface area contributed by atoms with Crippen molar-refractivity contribution in [3.05, 3.63) is 253 Å². The van der Waals surface area contributed by atoms with Crippen LogP contribution in [0.3, 0.4) is 0 Å². The third-order valence-corrected chi connectivity index (χ3v) is 19.2. The number of aromatic nitrogens is 3. The summed E-state index contributed by atoms with van der Waals surface area (Å²) in [6, 6.07) is 58.2. The minimum Gasteiger partial charge on any atom is -0.438 e. The quantitative estimate of drug-likeness (QED) is 0.152. The van der Waals surface area contributed by atoms with E-state index in [1.54, 1.807) is 0 Å². The Morgan fingerprint density at radius 2 is 0.861 bits per heavy atom. The summed E-state index contributed by atoms with van der Waals surface area (Å²) < 4.78 is 16.5. The predicted molar refractivity (Wildman–Crippen MR) is 285 cm³/mol. The average Bonchev–Trinajstić information content (AvgIpc) is 4.20. The van der Waals surface area contributed by atoms with E-state index in [1.807, 2.05) is 0 Å². The zero-order valence-electron chi connectivity index (χ0n) is 38.9. The summed E-state index contributed by atoms with van der Waals surface area (Å²) in [5.41, 5.74) is 29.4. The second kappa shape index (κ2) is 12.0. The highest BCUT2D eigenvalue weighted by atomic mass is 16.3. The van der Waals surface area contributed by atoms with Crippen LogP contribution < -0.4 is 0 Å². The van der Waals surface area contributed by atoms with Crippen molar-refractivity contribution in [2.24, 2.45) is 0 Å². The molecule has 7 aliphatic rings. The molecule has 0 N–H and O–H groups in total. The molecule has 1 spiro atoms. The molecule has 334 valence electrons. The van der Waals surface area contributed by atoms with E-state index < -0.39 is 0 Å². The lowest BCUT2D eigenvalue weighted by Crippen LogP contribution is -2.52. The minimum atomic E-state index is -0.0114. The zero-order chi connectivity index (χ0) is 46.0. The molecule has 21 rings (SSSR count). The standard InChI is InChI=1S/C67H39N3O2/c1-3-14-38-36(12-1)56-37-13-2-4-15-39(37)57(38)43-28-52-46(26-42(43)56)58-60-50(30-68-65(58)71-52)70-51-31-69-66-59(61(51)55-35-23-21-33-11-9-10-32(24-33)20-22-34(25-35)54(60)64(55)70)47-27-44-45(29-53(47)72-66)63-41-17-6-8-19-49(41)67(63)48-18-7-5-16-40(48)62(44)67/h1-19,24-31,56-57,62-63H,20-23H2. The van der Waals surface area contributed by atoms with Crippen molar-refractivity contribution in [3.8, 4) is 0 Å². The Labute approximate surface area is 411 Å². The fourth-order valence-corrected chi connectivity index (χ4v) is 16.7. The lowest BCUT2D eigenvalue weighted by Gasteiger charge is -2.58. The summed E-state index contributed by atoms with van der Waals surface area (Å²) in [7, 11) is 0. The monoisotopic (exact) mass is 917 g/mol. The maximum absolute atomic E-state index is 7.01. The van der Waals surface area contributed by atoms with Crippen molar-refractivity contribution in [3.63, 3.8) is 0 Å². The highest BCUT2D eigenvalue weighted by molar-refractivity contribution is 6.36. The number of pyridine rings is 2. The summed E-state index contributed by atoms with van der Waals surface area (Å²) >= 11 is 0. The maximum atomic E-state index is 7.01. The molecule has 8 aromatic carbocycles. The first-order valence-electron chi connectivity index (χ1n) is 25.9. The lowest BCUT2D eigenvalue weighted by molar-refractivity contribution is 0.333. The molecule has 0 saturated carbocycles. The Morgan fingerprint density at radius 1 is 0.403 bits per heavy atom. The fourth-order valence-electron chi connectivity index (χ4n) is 16.7. The third-order valence-electron chi connectivity index (χ3n) is 19.2. The first-order chi connectivity index (χ1) is 35.7. The molecule has 3 atom stereocenters. The van der Waals surface area contributed by atoms with E-state index in [0.717, 1.165) is 69.4 Å². The molecule has 6 aromatic heterocycles. The van der Waals surface area contributed by atoms with E-state index in [4.69, 9.17) is 18.8 Å². The smallest absolute Gasteiger partial charge is 0.228 e. The highest BCUT2D eigenvalue weighted by Crippen LogP contribution is 2.77. The second-order valence-corrected chi connectivity index (χ2v) is 22.0. The van der Waals surface area contributed by atoms with Gasteiger partial charge >= 0.3 is 0 Å². The normalized spacial score (nSPS) is 21.4. The molecule has 5 heteroatoms. The molecule has 6 bridgehead atoms. The van der Waals surface area contributed by atoms with Crippen LogP contribution >= 0.6 is 0 Å². The number of hydrogen-bond acceptors (Lipinski definition) is 4. The van der Waals surface area contributed by atoms with Gasteiger partial charge in [-0.2, -0.15) is 0 Å². The molecule has 72 heavy (non-hydrogen) atoms. The van der Waals surface area contributed by atoms with Gasteiger partial charge in [-0.3, -0.25) is 0 Å². The molecule has 6 heterocycles. The molecule has 0 aliphatic heterocycles. The van der Waals surface area contributed by atoms with Crippen LogP contribution in [0.15, 0.2) is 173 Å². The van der Waals surface area contributed by atoms with E-state index in [0.29, 0.717) is 23.3 Å². The van der Waals surface area contributed by atoms with Gasteiger partial charge in [0.1, 0.15) is 11.2 Å². The SMILES string of the molecule is c1cc2cc(c1)CCc1cc(c3c4c5c(ncc4n4c6cnc7oc8cc9c(cc8c7c6c1c34)C1c3ccccc3C13c1ccccc1C93)oc1cc3c(cc15)C1c4ccccc4C3c3ccccc31)CC2. The molecule has 3 unspecified atom stereocenters. The van der Waals surface area contributed by atoms with Crippen molar-refractivity contribution in [1.82, 2.24) is 14.4 Å². The van der Waals surface area contributed by atoms with Gasteiger partial charge in [-0.1, -0.05) is 127 Å². The van der Waals surface area contributed by atoms with Gasteiger partial charge in [0, 0.05) is 61.4 Å². The topological polar surface area (TPSA) is 56.5 Å². The van der Waals surface area contributed by atoms with E-state index in [9.17, 15) is 0 Å². The summed E-state index contributed by atoms with van der Waals surface area (Å²) in [6.07, 6.45) is 7.97. The Morgan fingerprint density at radius 3 is 1.40 bits per heavy atom. The van der Waals surface area contributed by atoms with Crippen molar-refractivity contribution >= 4 is 82.2 Å². The number of hydrogen-bond donors (Lipinski definition) is 0. The van der Waals surface area contributed by atoms with E-state index in [-0.39, 0.29) is 17.3 Å². The number of benzene rings is 8. The van der Waals surface area contributed by atoms with Crippen molar-refractivity contribution in [2.75, 3.05) is 0 Å². The van der Waals surface area contributed by atoms with E-state index >= 15 is 0 Å².